The summed E-state index contributed by atoms with van der Waals surface area (Å²) in [6, 6.07) is 8.33. The average molecular weight is 259 g/mol. The largest absolute Gasteiger partial charge is 0.370 e. The van der Waals surface area contributed by atoms with Crippen LogP contribution < -0.4 is 5.32 Å². The lowest BCUT2D eigenvalue weighted by Crippen LogP contribution is -2.04. The van der Waals surface area contributed by atoms with Gasteiger partial charge in [0.25, 0.3) is 0 Å². The molecule has 0 aliphatic heterocycles. The first-order chi connectivity index (χ1) is 9.22. The van der Waals surface area contributed by atoms with Crippen LogP contribution in [0.3, 0.4) is 0 Å². The summed E-state index contributed by atoms with van der Waals surface area (Å²) >= 11 is 0. The maximum Gasteiger partial charge on any atom is 0.161 e. The molecule has 1 heterocycles. The maximum absolute atomic E-state index is 13.3. The Kier molecular flexibility index (Phi) is 4.44. The van der Waals surface area contributed by atoms with Crippen molar-refractivity contribution in [2.45, 2.75) is 26.7 Å². The molecular weight excluding hydrogens is 241 g/mol. The van der Waals surface area contributed by atoms with Crippen LogP contribution in [-0.2, 0) is 6.42 Å². The Morgan fingerprint density at radius 1 is 1.16 bits per heavy atom. The van der Waals surface area contributed by atoms with E-state index in [2.05, 4.69) is 22.2 Å². The molecule has 2 aromatic rings. The first-order valence-corrected chi connectivity index (χ1v) is 6.60. The summed E-state index contributed by atoms with van der Waals surface area (Å²) < 4.78 is 13.3. The Morgan fingerprint density at radius 3 is 2.68 bits per heavy atom. The van der Waals surface area contributed by atoms with Gasteiger partial charge in [0, 0.05) is 23.9 Å². The highest BCUT2D eigenvalue weighted by Gasteiger charge is 2.07. The van der Waals surface area contributed by atoms with Crippen molar-refractivity contribution in [3.05, 3.63) is 41.8 Å². The molecule has 19 heavy (non-hydrogen) atoms. The summed E-state index contributed by atoms with van der Waals surface area (Å²) in [6.45, 7) is 4.92. The van der Waals surface area contributed by atoms with Crippen molar-refractivity contribution in [2.75, 3.05) is 11.9 Å². The number of aryl methyl sites for hydroxylation is 1. The normalized spacial score (nSPS) is 10.5. The lowest BCUT2D eigenvalue weighted by Gasteiger charge is -2.08. The fourth-order valence-corrected chi connectivity index (χ4v) is 1.91. The molecule has 0 saturated heterocycles. The highest BCUT2D eigenvalue weighted by Crippen LogP contribution is 2.19. The Balaban J connectivity index is 2.43. The minimum Gasteiger partial charge on any atom is -0.370 e. The summed E-state index contributed by atoms with van der Waals surface area (Å²) in [5.41, 5.74) is 1.69. The molecular formula is C15H18FN3. The van der Waals surface area contributed by atoms with E-state index in [0.29, 0.717) is 11.4 Å². The van der Waals surface area contributed by atoms with Gasteiger partial charge in [-0.25, -0.2) is 14.4 Å². The van der Waals surface area contributed by atoms with Crippen LogP contribution in [0.5, 0.6) is 0 Å². The van der Waals surface area contributed by atoms with E-state index in [9.17, 15) is 4.39 Å². The standard InChI is InChI=1S/C15H18FN3/c1-3-6-13-10-14(17-4-2)19-15(18-13)11-7-5-8-12(16)9-11/h5,7-10H,3-4,6H2,1-2H3,(H,17,18,19). The second-order valence-corrected chi connectivity index (χ2v) is 4.36. The van der Waals surface area contributed by atoms with E-state index in [-0.39, 0.29) is 5.82 Å². The van der Waals surface area contributed by atoms with Gasteiger partial charge < -0.3 is 5.32 Å². The van der Waals surface area contributed by atoms with Gasteiger partial charge in [-0.05, 0) is 25.5 Å². The van der Waals surface area contributed by atoms with Crippen LogP contribution in [0.25, 0.3) is 11.4 Å². The minimum absolute atomic E-state index is 0.271. The van der Waals surface area contributed by atoms with Gasteiger partial charge in [0.05, 0.1) is 0 Å². The third-order valence-electron chi connectivity index (χ3n) is 2.73. The summed E-state index contributed by atoms with van der Waals surface area (Å²) in [6.07, 6.45) is 1.91. The van der Waals surface area contributed by atoms with Gasteiger partial charge in [0.1, 0.15) is 11.6 Å². The van der Waals surface area contributed by atoms with Crippen LogP contribution in [0.2, 0.25) is 0 Å². The van der Waals surface area contributed by atoms with E-state index in [1.54, 1.807) is 6.07 Å². The van der Waals surface area contributed by atoms with Gasteiger partial charge >= 0.3 is 0 Å². The molecule has 0 spiro atoms. The van der Waals surface area contributed by atoms with E-state index >= 15 is 0 Å². The van der Waals surface area contributed by atoms with Gasteiger partial charge in [-0.3, -0.25) is 0 Å². The zero-order valence-electron chi connectivity index (χ0n) is 11.3. The van der Waals surface area contributed by atoms with Crippen molar-refractivity contribution in [2.24, 2.45) is 0 Å². The van der Waals surface area contributed by atoms with Crippen LogP contribution in [-0.4, -0.2) is 16.5 Å². The molecule has 1 aromatic heterocycles. The average Bonchev–Trinajstić information content (AvgIpc) is 2.39. The van der Waals surface area contributed by atoms with Gasteiger partial charge in [0.2, 0.25) is 0 Å². The zero-order valence-corrected chi connectivity index (χ0v) is 11.3. The summed E-state index contributed by atoms with van der Waals surface area (Å²) in [5, 5.41) is 3.19. The van der Waals surface area contributed by atoms with Crippen LogP contribution in [0.15, 0.2) is 30.3 Å². The maximum atomic E-state index is 13.3. The van der Waals surface area contributed by atoms with Crippen LogP contribution in [0.4, 0.5) is 10.2 Å². The SMILES string of the molecule is CCCc1cc(NCC)nc(-c2cccc(F)c2)n1. The highest BCUT2D eigenvalue weighted by molar-refractivity contribution is 5.57. The molecule has 0 amide bonds. The monoisotopic (exact) mass is 259 g/mol. The van der Waals surface area contributed by atoms with E-state index in [4.69, 9.17) is 0 Å². The van der Waals surface area contributed by atoms with Gasteiger partial charge in [-0.2, -0.15) is 0 Å². The molecule has 0 saturated carbocycles. The first-order valence-electron chi connectivity index (χ1n) is 6.60. The number of nitrogens with zero attached hydrogens (tertiary/aromatic N) is 2. The second-order valence-electron chi connectivity index (χ2n) is 4.36. The highest BCUT2D eigenvalue weighted by atomic mass is 19.1. The van der Waals surface area contributed by atoms with E-state index in [0.717, 1.165) is 30.9 Å². The lowest BCUT2D eigenvalue weighted by molar-refractivity contribution is 0.628. The minimum atomic E-state index is -0.271. The fraction of sp³-hybridized carbons (Fsp3) is 0.333. The van der Waals surface area contributed by atoms with Crippen molar-refractivity contribution in [3.63, 3.8) is 0 Å². The Morgan fingerprint density at radius 2 is 2.00 bits per heavy atom. The zero-order chi connectivity index (χ0) is 13.7. The summed E-state index contributed by atoms with van der Waals surface area (Å²) in [5.74, 6) is 1.09. The molecule has 1 N–H and O–H groups in total. The van der Waals surface area contributed by atoms with E-state index in [1.807, 2.05) is 19.1 Å². The van der Waals surface area contributed by atoms with Gasteiger partial charge in [0.15, 0.2) is 5.82 Å². The molecule has 4 heteroatoms. The number of halogens is 1. The number of rotatable bonds is 5. The summed E-state index contributed by atoms with van der Waals surface area (Å²) in [7, 11) is 0. The molecule has 0 fully saturated rings. The van der Waals surface area contributed by atoms with Crippen LogP contribution in [0, 0.1) is 5.82 Å². The number of anilines is 1. The molecule has 0 unspecified atom stereocenters. The van der Waals surface area contributed by atoms with Crippen molar-refractivity contribution in [3.8, 4) is 11.4 Å². The molecule has 0 atom stereocenters. The number of benzene rings is 1. The van der Waals surface area contributed by atoms with E-state index < -0.39 is 0 Å². The number of hydrogen-bond acceptors (Lipinski definition) is 3. The van der Waals surface area contributed by atoms with Crippen LogP contribution in [0.1, 0.15) is 26.0 Å². The topological polar surface area (TPSA) is 37.8 Å². The number of nitrogens with one attached hydrogen (secondary N) is 1. The van der Waals surface area contributed by atoms with E-state index in [1.165, 1.54) is 12.1 Å². The summed E-state index contributed by atoms with van der Waals surface area (Å²) in [4.78, 5) is 8.93. The van der Waals surface area contributed by atoms with Crippen LogP contribution >= 0.6 is 0 Å². The third-order valence-corrected chi connectivity index (χ3v) is 2.73. The van der Waals surface area contributed by atoms with Crippen molar-refractivity contribution in [1.82, 2.24) is 9.97 Å². The quantitative estimate of drug-likeness (QED) is 0.890. The Bertz CT molecular complexity index is 531. The first kappa shape index (κ1) is 13.5. The predicted molar refractivity (Wildman–Crippen MR) is 75.6 cm³/mol. The third kappa shape index (κ3) is 3.50. The molecule has 100 valence electrons. The molecule has 0 aliphatic rings. The molecule has 2 rings (SSSR count). The molecule has 3 nitrogen and oxygen atoms in total. The molecule has 0 aliphatic carbocycles. The smallest absolute Gasteiger partial charge is 0.161 e. The Labute approximate surface area is 112 Å². The van der Waals surface area contributed by atoms with Crippen molar-refractivity contribution < 1.29 is 4.39 Å². The fourth-order valence-electron chi connectivity index (χ4n) is 1.91. The predicted octanol–water partition coefficient (Wildman–Crippen LogP) is 3.67. The number of aromatic nitrogens is 2. The number of hydrogen-bond donors (Lipinski definition) is 1. The van der Waals surface area contributed by atoms with Crippen molar-refractivity contribution in [1.29, 1.82) is 0 Å². The van der Waals surface area contributed by atoms with Gasteiger partial charge in [-0.1, -0.05) is 25.5 Å². The Hall–Kier alpha value is -1.97. The molecule has 0 bridgehead atoms. The lowest BCUT2D eigenvalue weighted by atomic mass is 10.2. The van der Waals surface area contributed by atoms with Crippen molar-refractivity contribution >= 4 is 5.82 Å². The molecule has 1 aromatic carbocycles. The second kappa shape index (κ2) is 6.27. The van der Waals surface area contributed by atoms with Gasteiger partial charge in [-0.15, -0.1) is 0 Å². The molecule has 0 radical (unpaired) electrons.